The third kappa shape index (κ3) is 5.17. The lowest BCUT2D eigenvalue weighted by atomic mass is 9.98. The first-order chi connectivity index (χ1) is 16.9. The third-order valence-corrected chi connectivity index (χ3v) is 5.90. The van der Waals surface area contributed by atoms with E-state index in [2.05, 4.69) is 27.9 Å². The molecule has 0 spiro atoms. The van der Waals surface area contributed by atoms with Gasteiger partial charge in [0.25, 0.3) is 5.91 Å². The molecule has 1 aromatic heterocycles. The Morgan fingerprint density at radius 1 is 1.09 bits per heavy atom. The molecular weight excluding hydrogens is 452 g/mol. The monoisotopic (exact) mass is 478 g/mol. The quantitative estimate of drug-likeness (QED) is 0.431. The van der Waals surface area contributed by atoms with Crippen LogP contribution in [0, 0.1) is 0 Å². The predicted octanol–water partition coefficient (Wildman–Crippen LogP) is 3.00. The van der Waals surface area contributed by atoms with Crippen molar-refractivity contribution in [3.05, 3.63) is 71.4 Å². The number of nitrogens with one attached hydrogen (secondary N) is 2. The van der Waals surface area contributed by atoms with Gasteiger partial charge in [0, 0.05) is 39.2 Å². The summed E-state index contributed by atoms with van der Waals surface area (Å²) >= 11 is 0. The van der Waals surface area contributed by atoms with Crippen LogP contribution in [0.5, 0.6) is 0 Å². The zero-order chi connectivity index (χ0) is 24.9. The average molecular weight is 479 g/mol. The first kappa shape index (κ1) is 24.0. The smallest absolute Gasteiger partial charge is 0.412 e. The summed E-state index contributed by atoms with van der Waals surface area (Å²) in [6, 6.07) is 16.3. The van der Waals surface area contributed by atoms with Gasteiger partial charge in [0.15, 0.2) is 5.69 Å². The lowest BCUT2D eigenvalue weighted by Gasteiger charge is -2.14. The van der Waals surface area contributed by atoms with Crippen molar-refractivity contribution in [2.45, 2.75) is 18.4 Å². The van der Waals surface area contributed by atoms with Crippen molar-refractivity contribution < 1.29 is 29.0 Å². The van der Waals surface area contributed by atoms with Crippen molar-refractivity contribution >= 4 is 23.8 Å². The number of aryl methyl sites for hydroxylation is 1. The van der Waals surface area contributed by atoms with Crippen LogP contribution in [0.15, 0.2) is 54.6 Å². The van der Waals surface area contributed by atoms with Crippen LogP contribution in [0.1, 0.15) is 34.0 Å². The Morgan fingerprint density at radius 2 is 1.71 bits per heavy atom. The van der Waals surface area contributed by atoms with Gasteiger partial charge >= 0.3 is 12.1 Å². The zero-order valence-electron chi connectivity index (χ0n) is 19.4. The van der Waals surface area contributed by atoms with Crippen LogP contribution in [-0.4, -0.2) is 59.2 Å². The second-order valence-corrected chi connectivity index (χ2v) is 8.13. The molecule has 0 fully saturated rings. The van der Waals surface area contributed by atoms with Gasteiger partial charge in [-0.15, -0.1) is 0 Å². The van der Waals surface area contributed by atoms with Crippen LogP contribution in [0.2, 0.25) is 0 Å². The highest BCUT2D eigenvalue weighted by atomic mass is 16.5. The molecule has 35 heavy (non-hydrogen) atoms. The number of hydrogen-bond donors (Lipinski definition) is 3. The summed E-state index contributed by atoms with van der Waals surface area (Å²) < 4.78 is 11.7. The molecular formula is C25H26N4O6. The molecule has 0 saturated heterocycles. The number of carboxylic acids is 1. The number of carbonyl (C=O) groups is 3. The number of fused-ring (bicyclic) bond motifs is 3. The maximum atomic E-state index is 12.5. The van der Waals surface area contributed by atoms with Gasteiger partial charge in [0.05, 0.1) is 0 Å². The van der Waals surface area contributed by atoms with E-state index in [1.165, 1.54) is 17.9 Å². The van der Waals surface area contributed by atoms with Crippen LogP contribution in [0.3, 0.4) is 0 Å². The molecule has 10 heteroatoms. The molecule has 10 nitrogen and oxygen atoms in total. The van der Waals surface area contributed by atoms with Crippen LogP contribution in [0.4, 0.5) is 10.6 Å². The molecule has 3 aromatic rings. The predicted molar refractivity (Wildman–Crippen MR) is 127 cm³/mol. The van der Waals surface area contributed by atoms with Crippen molar-refractivity contribution in [1.82, 2.24) is 15.1 Å². The Kier molecular flexibility index (Phi) is 7.11. The topological polar surface area (TPSA) is 132 Å². The highest BCUT2D eigenvalue weighted by molar-refractivity contribution is 5.96. The number of methoxy groups -OCH3 is 1. The fourth-order valence-corrected chi connectivity index (χ4v) is 4.16. The van der Waals surface area contributed by atoms with Crippen LogP contribution in [-0.2, 0) is 21.3 Å². The van der Waals surface area contributed by atoms with E-state index in [9.17, 15) is 19.5 Å². The number of aliphatic carboxylic acids is 1. The molecule has 0 radical (unpaired) electrons. The Labute approximate surface area is 201 Å². The zero-order valence-corrected chi connectivity index (χ0v) is 19.4. The first-order valence-corrected chi connectivity index (χ1v) is 11.1. The Hall–Kier alpha value is -4.18. The van der Waals surface area contributed by atoms with Gasteiger partial charge in [-0.25, -0.2) is 9.59 Å². The Balaban J connectivity index is 1.39. The van der Waals surface area contributed by atoms with Crippen molar-refractivity contribution in [2.75, 3.05) is 25.6 Å². The Bertz CT molecular complexity index is 1210. The van der Waals surface area contributed by atoms with Crippen molar-refractivity contribution in [3.63, 3.8) is 0 Å². The molecule has 2 amide bonds. The van der Waals surface area contributed by atoms with Gasteiger partial charge in [-0.05, 0) is 22.3 Å². The second-order valence-electron chi connectivity index (χ2n) is 8.13. The summed E-state index contributed by atoms with van der Waals surface area (Å²) in [6.07, 6.45) is -0.583. The van der Waals surface area contributed by atoms with E-state index in [1.807, 2.05) is 36.4 Å². The first-order valence-electron chi connectivity index (χ1n) is 11.1. The minimum Gasteiger partial charge on any atom is -0.480 e. The molecule has 2 aromatic carbocycles. The molecule has 3 N–H and O–H groups in total. The largest absolute Gasteiger partial charge is 0.480 e. The van der Waals surface area contributed by atoms with Gasteiger partial charge in [0.2, 0.25) is 0 Å². The fourth-order valence-electron chi connectivity index (χ4n) is 4.16. The van der Waals surface area contributed by atoms with E-state index < -0.39 is 24.0 Å². The van der Waals surface area contributed by atoms with Gasteiger partial charge in [-0.2, -0.15) is 5.10 Å². The van der Waals surface area contributed by atoms with E-state index in [0.29, 0.717) is 0 Å². The fraction of sp³-hybridized carbons (Fsp3) is 0.280. The lowest BCUT2D eigenvalue weighted by Crippen LogP contribution is -2.41. The SMILES string of the molecule is COCCC(NC(=O)c1cc(NC(=O)OCC2c3ccccc3-c3ccccc32)n(C)n1)C(=O)O. The van der Waals surface area contributed by atoms with Crippen LogP contribution >= 0.6 is 0 Å². The maximum absolute atomic E-state index is 12.5. The number of nitrogens with zero attached hydrogens (tertiary/aromatic N) is 2. The number of carboxylic acid groups (broad SMARTS) is 1. The highest BCUT2D eigenvalue weighted by Crippen LogP contribution is 2.44. The van der Waals surface area contributed by atoms with E-state index in [4.69, 9.17) is 9.47 Å². The molecule has 182 valence electrons. The van der Waals surface area contributed by atoms with Crippen LogP contribution < -0.4 is 10.6 Å². The highest BCUT2D eigenvalue weighted by Gasteiger charge is 2.29. The molecule has 4 rings (SSSR count). The molecule has 0 bridgehead atoms. The summed E-state index contributed by atoms with van der Waals surface area (Å²) in [5.74, 6) is -1.70. The third-order valence-electron chi connectivity index (χ3n) is 5.90. The Morgan fingerprint density at radius 3 is 2.31 bits per heavy atom. The van der Waals surface area contributed by atoms with Gasteiger partial charge in [-0.3, -0.25) is 14.8 Å². The molecule has 1 atom stereocenters. The average Bonchev–Trinajstić information content (AvgIpc) is 3.37. The number of hydrogen-bond acceptors (Lipinski definition) is 6. The number of anilines is 1. The number of carbonyl (C=O) groups excluding carboxylic acids is 2. The summed E-state index contributed by atoms with van der Waals surface area (Å²) in [6.45, 7) is 0.318. The summed E-state index contributed by atoms with van der Waals surface area (Å²) in [7, 11) is 3.00. The van der Waals surface area contributed by atoms with Gasteiger partial charge in [-0.1, -0.05) is 48.5 Å². The van der Waals surface area contributed by atoms with E-state index in [1.54, 1.807) is 7.05 Å². The number of aromatic nitrogens is 2. The molecule has 1 aliphatic carbocycles. The summed E-state index contributed by atoms with van der Waals surface area (Å²) in [5.41, 5.74) is 4.42. The summed E-state index contributed by atoms with van der Waals surface area (Å²) in [4.78, 5) is 36.4. The second kappa shape index (κ2) is 10.4. The molecule has 1 heterocycles. The summed E-state index contributed by atoms with van der Waals surface area (Å²) in [5, 5.41) is 18.3. The van der Waals surface area contributed by atoms with E-state index >= 15 is 0 Å². The van der Waals surface area contributed by atoms with E-state index in [0.717, 1.165) is 22.3 Å². The van der Waals surface area contributed by atoms with Crippen molar-refractivity contribution in [1.29, 1.82) is 0 Å². The molecule has 0 saturated carbocycles. The molecule has 0 aliphatic heterocycles. The normalized spacial score (nSPS) is 13.0. The van der Waals surface area contributed by atoms with Gasteiger partial charge < -0.3 is 19.9 Å². The molecule has 1 aliphatic rings. The van der Waals surface area contributed by atoms with Crippen LogP contribution in [0.25, 0.3) is 11.1 Å². The van der Waals surface area contributed by atoms with Crippen molar-refractivity contribution in [3.8, 4) is 11.1 Å². The van der Waals surface area contributed by atoms with Gasteiger partial charge in [0.1, 0.15) is 18.5 Å². The lowest BCUT2D eigenvalue weighted by molar-refractivity contribution is -0.139. The standard InChI is InChI=1S/C25H26N4O6/c1-29-22(13-21(28-29)23(30)26-20(24(31)32)11-12-34-2)27-25(33)35-14-19-17-9-5-3-7-15(17)16-8-4-6-10-18(16)19/h3-10,13,19-20H,11-12,14H2,1-2H3,(H,26,30)(H,27,33)(H,31,32). The minimum absolute atomic E-state index is 0.0369. The minimum atomic E-state index is -1.18. The maximum Gasteiger partial charge on any atom is 0.412 e. The molecule has 1 unspecified atom stereocenters. The number of benzene rings is 2. The van der Waals surface area contributed by atoms with Crippen molar-refractivity contribution in [2.24, 2.45) is 7.05 Å². The number of ether oxygens (including phenoxy) is 2. The number of rotatable bonds is 9. The van der Waals surface area contributed by atoms with E-state index in [-0.39, 0.29) is 37.1 Å². The number of amides is 2.